The van der Waals surface area contributed by atoms with E-state index in [-0.39, 0.29) is 11.8 Å². The van der Waals surface area contributed by atoms with Crippen molar-refractivity contribution in [2.75, 3.05) is 11.9 Å². The number of imidazole rings is 1. The van der Waals surface area contributed by atoms with Crippen molar-refractivity contribution in [3.8, 4) is 0 Å². The number of aryl methyl sites for hydroxylation is 2. The first-order chi connectivity index (χ1) is 13.0. The van der Waals surface area contributed by atoms with E-state index in [2.05, 4.69) is 22.5 Å². The van der Waals surface area contributed by atoms with E-state index >= 15 is 0 Å². The standard InChI is InChI=1S/C21H28N4O2/c1-4-5-11-22-20(26)18-17-8-6-7-12-25(17)19(24-18)21(27)23-16-10-9-14(2)13-15(16)3/h9-10,13H,4-8,11-12H2,1-3H3,(H,22,26)(H,23,27). The van der Waals surface area contributed by atoms with E-state index in [1.807, 2.05) is 36.6 Å². The summed E-state index contributed by atoms with van der Waals surface area (Å²) in [6.07, 6.45) is 4.73. The van der Waals surface area contributed by atoms with Crippen molar-refractivity contribution < 1.29 is 9.59 Å². The number of anilines is 1. The largest absolute Gasteiger partial charge is 0.351 e. The van der Waals surface area contributed by atoms with Crippen molar-refractivity contribution in [2.24, 2.45) is 0 Å². The van der Waals surface area contributed by atoms with Crippen LogP contribution in [0, 0.1) is 13.8 Å². The maximum Gasteiger partial charge on any atom is 0.291 e. The molecule has 0 spiro atoms. The Labute approximate surface area is 160 Å². The van der Waals surface area contributed by atoms with Crippen LogP contribution < -0.4 is 10.6 Å². The highest BCUT2D eigenvalue weighted by Crippen LogP contribution is 2.23. The monoisotopic (exact) mass is 368 g/mol. The lowest BCUT2D eigenvalue weighted by molar-refractivity contribution is 0.0947. The van der Waals surface area contributed by atoms with Crippen molar-refractivity contribution in [2.45, 2.75) is 59.4 Å². The van der Waals surface area contributed by atoms with Crippen LogP contribution in [-0.2, 0) is 13.0 Å². The summed E-state index contributed by atoms with van der Waals surface area (Å²) in [5, 5.41) is 5.88. The third-order valence-electron chi connectivity index (χ3n) is 4.98. The number of benzene rings is 1. The highest BCUT2D eigenvalue weighted by molar-refractivity contribution is 6.04. The van der Waals surface area contributed by atoms with E-state index in [1.165, 1.54) is 0 Å². The van der Waals surface area contributed by atoms with Crippen molar-refractivity contribution in [1.29, 1.82) is 0 Å². The Bertz CT molecular complexity index is 854. The van der Waals surface area contributed by atoms with E-state index in [0.717, 1.165) is 61.2 Å². The van der Waals surface area contributed by atoms with Gasteiger partial charge in [0.05, 0.1) is 5.69 Å². The molecule has 1 aliphatic rings. The van der Waals surface area contributed by atoms with Crippen LogP contribution in [0.1, 0.15) is 70.5 Å². The van der Waals surface area contributed by atoms with Crippen LogP contribution in [0.15, 0.2) is 18.2 Å². The van der Waals surface area contributed by atoms with Crippen molar-refractivity contribution in [1.82, 2.24) is 14.9 Å². The highest BCUT2D eigenvalue weighted by Gasteiger charge is 2.27. The second kappa shape index (κ2) is 8.37. The maximum atomic E-state index is 12.9. The van der Waals surface area contributed by atoms with Gasteiger partial charge in [-0.25, -0.2) is 4.98 Å². The molecule has 6 heteroatoms. The number of hydrogen-bond donors (Lipinski definition) is 2. The van der Waals surface area contributed by atoms with Gasteiger partial charge in [0.1, 0.15) is 5.69 Å². The Morgan fingerprint density at radius 3 is 2.74 bits per heavy atom. The number of unbranched alkanes of at least 4 members (excludes halogenated alkanes) is 1. The molecular formula is C21H28N4O2. The number of carbonyl (C=O) groups is 2. The molecule has 0 radical (unpaired) electrons. The van der Waals surface area contributed by atoms with Crippen LogP contribution in [-0.4, -0.2) is 27.9 Å². The van der Waals surface area contributed by atoms with E-state index in [4.69, 9.17) is 0 Å². The Hall–Kier alpha value is -2.63. The molecule has 1 aromatic heterocycles. The molecule has 144 valence electrons. The zero-order valence-corrected chi connectivity index (χ0v) is 16.4. The van der Waals surface area contributed by atoms with E-state index in [9.17, 15) is 9.59 Å². The van der Waals surface area contributed by atoms with Crippen LogP contribution in [0.3, 0.4) is 0 Å². The van der Waals surface area contributed by atoms with Gasteiger partial charge < -0.3 is 15.2 Å². The fourth-order valence-corrected chi connectivity index (χ4v) is 3.49. The van der Waals surface area contributed by atoms with Crippen molar-refractivity contribution in [3.63, 3.8) is 0 Å². The molecule has 1 aliphatic heterocycles. The minimum Gasteiger partial charge on any atom is -0.351 e. The summed E-state index contributed by atoms with van der Waals surface area (Å²) in [7, 11) is 0. The molecule has 0 saturated heterocycles. The van der Waals surface area contributed by atoms with Crippen LogP contribution in [0.5, 0.6) is 0 Å². The number of nitrogens with zero attached hydrogens (tertiary/aromatic N) is 2. The molecule has 2 aromatic rings. The average molecular weight is 368 g/mol. The van der Waals surface area contributed by atoms with E-state index < -0.39 is 0 Å². The van der Waals surface area contributed by atoms with Crippen molar-refractivity contribution >= 4 is 17.5 Å². The molecule has 6 nitrogen and oxygen atoms in total. The van der Waals surface area contributed by atoms with Gasteiger partial charge in [0, 0.05) is 18.8 Å². The van der Waals surface area contributed by atoms with Crippen molar-refractivity contribution in [3.05, 3.63) is 46.5 Å². The number of hydrogen-bond acceptors (Lipinski definition) is 3. The quantitative estimate of drug-likeness (QED) is 0.765. The van der Waals surface area contributed by atoms with Crippen LogP contribution >= 0.6 is 0 Å². The van der Waals surface area contributed by atoms with Crippen LogP contribution in [0.2, 0.25) is 0 Å². The number of carbonyl (C=O) groups excluding carboxylic acids is 2. The molecule has 1 aromatic carbocycles. The Kier molecular flexibility index (Phi) is 5.94. The lowest BCUT2D eigenvalue weighted by atomic mass is 10.1. The first-order valence-corrected chi connectivity index (χ1v) is 9.77. The van der Waals surface area contributed by atoms with Gasteiger partial charge >= 0.3 is 0 Å². The molecule has 0 bridgehead atoms. The minimum absolute atomic E-state index is 0.181. The fourth-order valence-electron chi connectivity index (χ4n) is 3.49. The number of rotatable bonds is 6. The van der Waals surface area contributed by atoms with Crippen LogP contribution in [0.25, 0.3) is 0 Å². The second-order valence-electron chi connectivity index (χ2n) is 7.22. The molecular weight excluding hydrogens is 340 g/mol. The Morgan fingerprint density at radius 2 is 2.00 bits per heavy atom. The minimum atomic E-state index is -0.266. The fraction of sp³-hybridized carbons (Fsp3) is 0.476. The molecule has 0 aliphatic carbocycles. The second-order valence-corrected chi connectivity index (χ2v) is 7.22. The van der Waals surface area contributed by atoms with Gasteiger partial charge in [-0.15, -0.1) is 0 Å². The molecule has 0 atom stereocenters. The topological polar surface area (TPSA) is 76.0 Å². The zero-order chi connectivity index (χ0) is 19.4. The average Bonchev–Trinajstić information content (AvgIpc) is 3.04. The SMILES string of the molecule is CCCCNC(=O)c1nc(C(=O)Nc2ccc(C)cc2C)n2c1CCCC2. The summed E-state index contributed by atoms with van der Waals surface area (Å²) in [4.78, 5) is 29.9. The van der Waals surface area contributed by atoms with E-state index in [1.54, 1.807) is 0 Å². The van der Waals surface area contributed by atoms with Crippen LogP contribution in [0.4, 0.5) is 5.69 Å². The highest BCUT2D eigenvalue weighted by atomic mass is 16.2. The summed E-state index contributed by atoms with van der Waals surface area (Å²) in [6, 6.07) is 5.90. The van der Waals surface area contributed by atoms with Gasteiger partial charge in [-0.2, -0.15) is 0 Å². The molecule has 3 rings (SSSR count). The Balaban J connectivity index is 1.86. The third kappa shape index (κ3) is 4.21. The predicted octanol–water partition coefficient (Wildman–Crippen LogP) is 3.62. The maximum absolute atomic E-state index is 12.9. The van der Waals surface area contributed by atoms with Gasteiger partial charge in [0.2, 0.25) is 0 Å². The zero-order valence-electron chi connectivity index (χ0n) is 16.4. The van der Waals surface area contributed by atoms with Gasteiger partial charge in [0.25, 0.3) is 11.8 Å². The molecule has 0 saturated carbocycles. The summed E-state index contributed by atoms with van der Waals surface area (Å²) < 4.78 is 1.91. The molecule has 0 unspecified atom stereocenters. The number of amides is 2. The third-order valence-corrected chi connectivity index (χ3v) is 4.98. The lowest BCUT2D eigenvalue weighted by Crippen LogP contribution is -2.26. The van der Waals surface area contributed by atoms with Gasteiger partial charge in [-0.05, 0) is 51.2 Å². The predicted molar refractivity (Wildman–Crippen MR) is 106 cm³/mol. The van der Waals surface area contributed by atoms with Gasteiger partial charge in [-0.3, -0.25) is 9.59 Å². The molecule has 2 amide bonds. The first kappa shape index (κ1) is 19.1. The lowest BCUT2D eigenvalue weighted by Gasteiger charge is -2.17. The summed E-state index contributed by atoms with van der Waals surface area (Å²) >= 11 is 0. The normalized spacial score (nSPS) is 13.1. The van der Waals surface area contributed by atoms with Gasteiger partial charge in [-0.1, -0.05) is 31.0 Å². The number of aromatic nitrogens is 2. The Morgan fingerprint density at radius 1 is 1.19 bits per heavy atom. The van der Waals surface area contributed by atoms with E-state index in [0.29, 0.717) is 18.1 Å². The molecule has 2 heterocycles. The summed E-state index contributed by atoms with van der Waals surface area (Å²) in [5.41, 5.74) is 4.20. The summed E-state index contributed by atoms with van der Waals surface area (Å²) in [5.74, 6) is -0.123. The number of nitrogens with one attached hydrogen (secondary N) is 2. The number of fused-ring (bicyclic) bond motifs is 1. The van der Waals surface area contributed by atoms with Gasteiger partial charge in [0.15, 0.2) is 5.82 Å². The molecule has 27 heavy (non-hydrogen) atoms. The molecule has 0 fully saturated rings. The summed E-state index contributed by atoms with van der Waals surface area (Å²) in [6.45, 7) is 7.43. The first-order valence-electron chi connectivity index (χ1n) is 9.77. The molecule has 2 N–H and O–H groups in total. The smallest absolute Gasteiger partial charge is 0.291 e.